The highest BCUT2D eigenvalue weighted by Crippen LogP contribution is 2.13. The molecule has 0 unspecified atom stereocenters. The summed E-state index contributed by atoms with van der Waals surface area (Å²) in [5.41, 5.74) is 2.26. The molecule has 0 atom stereocenters. The van der Waals surface area contributed by atoms with E-state index >= 15 is 0 Å². The maximum absolute atomic E-state index is 12.2. The summed E-state index contributed by atoms with van der Waals surface area (Å²) in [6.45, 7) is 6.19. The third-order valence-corrected chi connectivity index (χ3v) is 5.26. The molecule has 0 radical (unpaired) electrons. The van der Waals surface area contributed by atoms with E-state index in [9.17, 15) is 9.59 Å². The zero-order chi connectivity index (χ0) is 17.6. The van der Waals surface area contributed by atoms with Gasteiger partial charge in [-0.2, -0.15) is 0 Å². The van der Waals surface area contributed by atoms with Crippen LogP contribution >= 0.6 is 0 Å². The Morgan fingerprint density at radius 1 is 1.04 bits per heavy atom. The van der Waals surface area contributed by atoms with Gasteiger partial charge < -0.3 is 10.2 Å². The van der Waals surface area contributed by atoms with Gasteiger partial charge >= 0.3 is 0 Å². The molecule has 2 heterocycles. The van der Waals surface area contributed by atoms with E-state index < -0.39 is 0 Å². The number of nitrogens with zero attached hydrogens (tertiary/aromatic N) is 2. The summed E-state index contributed by atoms with van der Waals surface area (Å²) < 4.78 is 0. The first-order valence-corrected chi connectivity index (χ1v) is 9.45. The molecule has 1 aromatic rings. The number of benzene rings is 1. The highest BCUT2D eigenvalue weighted by molar-refractivity contribution is 5.79. The Labute approximate surface area is 150 Å². The van der Waals surface area contributed by atoms with E-state index in [4.69, 9.17) is 0 Å². The van der Waals surface area contributed by atoms with Crippen molar-refractivity contribution in [2.75, 3.05) is 32.7 Å². The summed E-state index contributed by atoms with van der Waals surface area (Å²) in [6, 6.07) is 8.34. The molecule has 0 aromatic heterocycles. The fourth-order valence-corrected chi connectivity index (χ4v) is 3.66. The standard InChI is InChI=1S/C20H29N3O2/c1-16-4-6-17(7-5-16)14-19(24)21-18-8-12-22(13-9-18)15-20(25)23-10-2-3-11-23/h4-7,18H,2-3,8-15H2,1H3,(H,21,24). The molecule has 3 rings (SSSR count). The van der Waals surface area contributed by atoms with E-state index in [1.807, 2.05) is 36.1 Å². The summed E-state index contributed by atoms with van der Waals surface area (Å²) in [4.78, 5) is 28.6. The van der Waals surface area contributed by atoms with Gasteiger partial charge in [-0.1, -0.05) is 29.8 Å². The zero-order valence-corrected chi connectivity index (χ0v) is 15.2. The number of likely N-dealkylation sites (tertiary alicyclic amines) is 2. The number of carbonyl (C=O) groups is 2. The molecule has 2 fully saturated rings. The summed E-state index contributed by atoms with van der Waals surface area (Å²) >= 11 is 0. The van der Waals surface area contributed by atoms with Crippen molar-refractivity contribution in [3.8, 4) is 0 Å². The minimum absolute atomic E-state index is 0.0930. The van der Waals surface area contributed by atoms with Gasteiger partial charge in [0.05, 0.1) is 13.0 Å². The third kappa shape index (κ3) is 5.30. The van der Waals surface area contributed by atoms with E-state index in [1.165, 1.54) is 5.56 Å². The lowest BCUT2D eigenvalue weighted by molar-refractivity contribution is -0.132. The number of hydrogen-bond acceptors (Lipinski definition) is 3. The summed E-state index contributed by atoms with van der Waals surface area (Å²) in [7, 11) is 0. The first-order valence-electron chi connectivity index (χ1n) is 9.45. The van der Waals surface area contributed by atoms with Crippen LogP contribution in [0.5, 0.6) is 0 Å². The highest BCUT2D eigenvalue weighted by Gasteiger charge is 2.25. The molecular formula is C20H29N3O2. The molecule has 0 saturated carbocycles. The van der Waals surface area contributed by atoms with Crippen molar-refractivity contribution in [2.24, 2.45) is 0 Å². The monoisotopic (exact) mass is 343 g/mol. The lowest BCUT2D eigenvalue weighted by Gasteiger charge is -2.32. The van der Waals surface area contributed by atoms with Crippen molar-refractivity contribution in [3.63, 3.8) is 0 Å². The molecule has 2 aliphatic rings. The number of piperidine rings is 1. The van der Waals surface area contributed by atoms with Crippen molar-refractivity contribution < 1.29 is 9.59 Å². The van der Waals surface area contributed by atoms with Crippen LogP contribution in [0.3, 0.4) is 0 Å². The van der Waals surface area contributed by atoms with Crippen LogP contribution in [0.15, 0.2) is 24.3 Å². The Hall–Kier alpha value is -1.88. The van der Waals surface area contributed by atoms with Gasteiger partial charge in [-0.05, 0) is 38.2 Å². The lowest BCUT2D eigenvalue weighted by Crippen LogP contribution is -2.48. The fraction of sp³-hybridized carbons (Fsp3) is 0.600. The minimum Gasteiger partial charge on any atom is -0.353 e. The molecule has 25 heavy (non-hydrogen) atoms. The maximum Gasteiger partial charge on any atom is 0.236 e. The fourth-order valence-electron chi connectivity index (χ4n) is 3.66. The van der Waals surface area contributed by atoms with Crippen LogP contribution in [0.1, 0.15) is 36.8 Å². The number of rotatable bonds is 5. The topological polar surface area (TPSA) is 52.7 Å². The van der Waals surface area contributed by atoms with Crippen LogP contribution in [0.2, 0.25) is 0 Å². The summed E-state index contributed by atoms with van der Waals surface area (Å²) in [6.07, 6.45) is 4.56. The quantitative estimate of drug-likeness (QED) is 0.886. The van der Waals surface area contributed by atoms with Crippen molar-refractivity contribution in [2.45, 2.75) is 45.1 Å². The van der Waals surface area contributed by atoms with Crippen LogP contribution in [0.4, 0.5) is 0 Å². The van der Waals surface area contributed by atoms with Crippen LogP contribution in [-0.4, -0.2) is 60.4 Å². The highest BCUT2D eigenvalue weighted by atomic mass is 16.2. The molecular weight excluding hydrogens is 314 g/mol. The van der Waals surface area contributed by atoms with Gasteiger partial charge in [0.2, 0.25) is 11.8 Å². The maximum atomic E-state index is 12.2. The normalized spacial score (nSPS) is 19.2. The zero-order valence-electron chi connectivity index (χ0n) is 15.2. The predicted molar refractivity (Wildman–Crippen MR) is 98.3 cm³/mol. The average Bonchev–Trinajstić information content (AvgIpc) is 3.13. The smallest absolute Gasteiger partial charge is 0.236 e. The molecule has 5 heteroatoms. The van der Waals surface area contributed by atoms with Crippen molar-refractivity contribution in [1.82, 2.24) is 15.1 Å². The van der Waals surface area contributed by atoms with E-state index in [0.717, 1.165) is 57.4 Å². The second-order valence-electron chi connectivity index (χ2n) is 7.37. The molecule has 1 aromatic carbocycles. The average molecular weight is 343 g/mol. The lowest BCUT2D eigenvalue weighted by atomic mass is 10.0. The molecule has 0 aliphatic carbocycles. The number of carbonyl (C=O) groups excluding carboxylic acids is 2. The second-order valence-corrected chi connectivity index (χ2v) is 7.37. The number of aryl methyl sites for hydroxylation is 1. The van der Waals surface area contributed by atoms with Gasteiger partial charge in [-0.25, -0.2) is 0 Å². The third-order valence-electron chi connectivity index (χ3n) is 5.26. The molecule has 1 N–H and O–H groups in total. The predicted octanol–water partition coefficient (Wildman–Crippen LogP) is 1.74. The van der Waals surface area contributed by atoms with Crippen LogP contribution in [-0.2, 0) is 16.0 Å². The Kier molecular flexibility index (Phi) is 6.08. The van der Waals surface area contributed by atoms with Crippen molar-refractivity contribution >= 4 is 11.8 Å². The van der Waals surface area contributed by atoms with Crippen LogP contribution in [0, 0.1) is 6.92 Å². The molecule has 2 saturated heterocycles. The number of hydrogen-bond donors (Lipinski definition) is 1. The van der Waals surface area contributed by atoms with E-state index in [-0.39, 0.29) is 17.9 Å². The molecule has 0 spiro atoms. The Bertz CT molecular complexity index is 585. The number of amides is 2. The van der Waals surface area contributed by atoms with Crippen LogP contribution < -0.4 is 5.32 Å². The Morgan fingerprint density at radius 2 is 1.68 bits per heavy atom. The minimum atomic E-state index is 0.0930. The molecule has 136 valence electrons. The first kappa shape index (κ1) is 17.9. The van der Waals surface area contributed by atoms with Gasteiger partial charge in [-0.3, -0.25) is 14.5 Å². The molecule has 2 amide bonds. The van der Waals surface area contributed by atoms with Gasteiger partial charge in [0.25, 0.3) is 0 Å². The van der Waals surface area contributed by atoms with Crippen LogP contribution in [0.25, 0.3) is 0 Å². The van der Waals surface area contributed by atoms with E-state index in [0.29, 0.717) is 13.0 Å². The van der Waals surface area contributed by atoms with Gasteiger partial charge in [0, 0.05) is 32.2 Å². The van der Waals surface area contributed by atoms with E-state index in [2.05, 4.69) is 10.2 Å². The van der Waals surface area contributed by atoms with Gasteiger partial charge in [0.1, 0.15) is 0 Å². The molecule has 5 nitrogen and oxygen atoms in total. The Balaban J connectivity index is 1.37. The van der Waals surface area contributed by atoms with Gasteiger partial charge in [0.15, 0.2) is 0 Å². The van der Waals surface area contributed by atoms with Crippen molar-refractivity contribution in [1.29, 1.82) is 0 Å². The Morgan fingerprint density at radius 3 is 2.32 bits per heavy atom. The van der Waals surface area contributed by atoms with Crippen molar-refractivity contribution in [3.05, 3.63) is 35.4 Å². The number of nitrogens with one attached hydrogen (secondary N) is 1. The second kappa shape index (κ2) is 8.48. The SMILES string of the molecule is Cc1ccc(CC(=O)NC2CCN(CC(=O)N3CCCC3)CC2)cc1. The molecule has 2 aliphatic heterocycles. The summed E-state index contributed by atoms with van der Waals surface area (Å²) in [5.74, 6) is 0.356. The summed E-state index contributed by atoms with van der Waals surface area (Å²) in [5, 5.41) is 3.15. The molecule has 0 bridgehead atoms. The van der Waals surface area contributed by atoms with Gasteiger partial charge in [-0.15, -0.1) is 0 Å². The van der Waals surface area contributed by atoms with E-state index in [1.54, 1.807) is 0 Å². The largest absolute Gasteiger partial charge is 0.353 e. The first-order chi connectivity index (χ1) is 12.1.